The van der Waals surface area contributed by atoms with Crippen LogP contribution in [0.3, 0.4) is 0 Å². The zero-order chi connectivity index (χ0) is 8.39. The van der Waals surface area contributed by atoms with E-state index in [1.54, 1.807) is 12.4 Å². The number of hydrogen-bond acceptors (Lipinski definition) is 3. The van der Waals surface area contributed by atoms with Gasteiger partial charge in [0.25, 0.3) is 0 Å². The number of pyridine rings is 1. The molecule has 1 aliphatic rings. The highest BCUT2D eigenvalue weighted by Gasteiger charge is 2.20. The van der Waals surface area contributed by atoms with Gasteiger partial charge in [0.2, 0.25) is 0 Å². The van der Waals surface area contributed by atoms with E-state index in [2.05, 4.69) is 16.4 Å². The standard InChI is InChI=1S/C9H9N3/c10-5-7-6-11-3-1-8(7)9-2-4-12-9/h1,3,6,9,12H,2,4H2/t9-/m0/s1. The summed E-state index contributed by atoms with van der Waals surface area (Å²) < 4.78 is 0. The molecule has 12 heavy (non-hydrogen) atoms. The Morgan fingerprint density at radius 2 is 2.50 bits per heavy atom. The van der Waals surface area contributed by atoms with E-state index in [0.29, 0.717) is 11.6 Å². The molecule has 0 aliphatic carbocycles. The van der Waals surface area contributed by atoms with Gasteiger partial charge in [-0.1, -0.05) is 0 Å². The van der Waals surface area contributed by atoms with Crippen LogP contribution in [0.5, 0.6) is 0 Å². The smallest absolute Gasteiger partial charge is 0.101 e. The Morgan fingerprint density at radius 3 is 3.08 bits per heavy atom. The molecule has 3 heteroatoms. The summed E-state index contributed by atoms with van der Waals surface area (Å²) in [5.41, 5.74) is 1.77. The van der Waals surface area contributed by atoms with Gasteiger partial charge >= 0.3 is 0 Å². The van der Waals surface area contributed by atoms with Crippen molar-refractivity contribution >= 4 is 0 Å². The maximum atomic E-state index is 8.77. The molecule has 1 saturated heterocycles. The Hall–Kier alpha value is -1.40. The number of hydrogen-bond donors (Lipinski definition) is 1. The molecule has 1 aromatic heterocycles. The van der Waals surface area contributed by atoms with Crippen LogP contribution in [0.15, 0.2) is 18.5 Å². The molecule has 3 nitrogen and oxygen atoms in total. The molecule has 1 aliphatic heterocycles. The maximum Gasteiger partial charge on any atom is 0.101 e. The summed E-state index contributed by atoms with van der Waals surface area (Å²) in [7, 11) is 0. The molecule has 1 N–H and O–H groups in total. The molecule has 2 heterocycles. The summed E-state index contributed by atoms with van der Waals surface area (Å²) in [6.07, 6.45) is 4.48. The molecule has 1 fully saturated rings. The van der Waals surface area contributed by atoms with Crippen molar-refractivity contribution in [3.8, 4) is 6.07 Å². The molecular formula is C9H9N3. The van der Waals surface area contributed by atoms with Crippen LogP contribution in [0.4, 0.5) is 0 Å². The summed E-state index contributed by atoms with van der Waals surface area (Å²) in [5.74, 6) is 0. The fourth-order valence-corrected chi connectivity index (χ4v) is 1.36. The van der Waals surface area contributed by atoms with Gasteiger partial charge in [0.1, 0.15) is 6.07 Å². The maximum absolute atomic E-state index is 8.77. The van der Waals surface area contributed by atoms with Crippen LogP contribution in [0.25, 0.3) is 0 Å². The Balaban J connectivity index is 2.35. The molecule has 0 aromatic carbocycles. The SMILES string of the molecule is N#Cc1cnccc1[C@@H]1CCN1. The monoisotopic (exact) mass is 159 g/mol. The second kappa shape index (κ2) is 2.92. The average molecular weight is 159 g/mol. The highest BCUT2D eigenvalue weighted by Crippen LogP contribution is 2.24. The Morgan fingerprint density at radius 1 is 1.67 bits per heavy atom. The van der Waals surface area contributed by atoms with Crippen LogP contribution in [-0.4, -0.2) is 11.5 Å². The average Bonchev–Trinajstić information content (AvgIpc) is 2.02. The van der Waals surface area contributed by atoms with Gasteiger partial charge in [0, 0.05) is 18.4 Å². The fraction of sp³-hybridized carbons (Fsp3) is 0.333. The third kappa shape index (κ3) is 1.06. The second-order valence-electron chi connectivity index (χ2n) is 2.87. The minimum absolute atomic E-state index is 0.377. The predicted octanol–water partition coefficient (Wildman–Crippen LogP) is 0.988. The van der Waals surface area contributed by atoms with Crippen molar-refractivity contribution in [1.29, 1.82) is 5.26 Å². The van der Waals surface area contributed by atoms with Crippen molar-refractivity contribution in [3.05, 3.63) is 29.6 Å². The lowest BCUT2D eigenvalue weighted by atomic mass is 9.95. The largest absolute Gasteiger partial charge is 0.310 e. The van der Waals surface area contributed by atoms with Gasteiger partial charge < -0.3 is 5.32 Å². The van der Waals surface area contributed by atoms with Crippen LogP contribution < -0.4 is 5.32 Å². The molecule has 0 amide bonds. The van der Waals surface area contributed by atoms with Crippen LogP contribution in [-0.2, 0) is 0 Å². The van der Waals surface area contributed by atoms with Crippen LogP contribution in [0.1, 0.15) is 23.6 Å². The van der Waals surface area contributed by atoms with Gasteiger partial charge in [-0.3, -0.25) is 4.98 Å². The van der Waals surface area contributed by atoms with Crippen LogP contribution in [0.2, 0.25) is 0 Å². The van der Waals surface area contributed by atoms with E-state index < -0.39 is 0 Å². The Labute approximate surface area is 71.0 Å². The lowest BCUT2D eigenvalue weighted by Crippen LogP contribution is -2.35. The van der Waals surface area contributed by atoms with Crippen molar-refractivity contribution in [2.24, 2.45) is 0 Å². The lowest BCUT2D eigenvalue weighted by Gasteiger charge is -2.28. The first-order valence-corrected chi connectivity index (χ1v) is 3.99. The molecule has 0 bridgehead atoms. The van der Waals surface area contributed by atoms with Gasteiger partial charge in [-0.25, -0.2) is 0 Å². The molecule has 0 radical (unpaired) electrons. The first-order valence-electron chi connectivity index (χ1n) is 3.99. The third-order valence-corrected chi connectivity index (χ3v) is 2.17. The van der Waals surface area contributed by atoms with Gasteiger partial charge in [0.15, 0.2) is 0 Å². The first-order chi connectivity index (χ1) is 5.92. The number of nitrogens with zero attached hydrogens (tertiary/aromatic N) is 2. The van der Waals surface area contributed by atoms with Crippen molar-refractivity contribution < 1.29 is 0 Å². The van der Waals surface area contributed by atoms with Crippen molar-refractivity contribution in [2.75, 3.05) is 6.54 Å². The van der Waals surface area contributed by atoms with Gasteiger partial charge in [0.05, 0.1) is 5.56 Å². The number of aromatic nitrogens is 1. The van der Waals surface area contributed by atoms with Gasteiger partial charge in [-0.05, 0) is 24.6 Å². The predicted molar refractivity (Wildman–Crippen MR) is 44.3 cm³/mol. The molecule has 0 saturated carbocycles. The molecule has 1 atom stereocenters. The third-order valence-electron chi connectivity index (χ3n) is 2.17. The summed E-state index contributed by atoms with van der Waals surface area (Å²) in [4.78, 5) is 3.91. The van der Waals surface area contributed by atoms with Crippen molar-refractivity contribution in [1.82, 2.24) is 10.3 Å². The Bertz CT molecular complexity index is 323. The van der Waals surface area contributed by atoms with E-state index in [4.69, 9.17) is 5.26 Å². The molecular weight excluding hydrogens is 150 g/mol. The molecule has 1 aromatic rings. The van der Waals surface area contributed by atoms with Crippen LogP contribution >= 0.6 is 0 Å². The highest BCUT2D eigenvalue weighted by atomic mass is 15.0. The highest BCUT2D eigenvalue weighted by molar-refractivity contribution is 5.37. The molecule has 0 spiro atoms. The summed E-state index contributed by atoms with van der Waals surface area (Å²) in [6, 6.07) is 4.43. The quantitative estimate of drug-likeness (QED) is 0.664. The lowest BCUT2D eigenvalue weighted by molar-refractivity contribution is 0.382. The van der Waals surface area contributed by atoms with E-state index in [0.717, 1.165) is 18.5 Å². The minimum Gasteiger partial charge on any atom is -0.310 e. The van der Waals surface area contributed by atoms with E-state index in [9.17, 15) is 0 Å². The first kappa shape index (κ1) is 7.26. The molecule has 0 unspecified atom stereocenters. The van der Waals surface area contributed by atoms with E-state index >= 15 is 0 Å². The number of nitriles is 1. The van der Waals surface area contributed by atoms with E-state index in [1.165, 1.54) is 0 Å². The number of nitrogens with one attached hydrogen (secondary N) is 1. The zero-order valence-corrected chi connectivity index (χ0v) is 6.62. The topological polar surface area (TPSA) is 48.7 Å². The minimum atomic E-state index is 0.377. The second-order valence-corrected chi connectivity index (χ2v) is 2.87. The Kier molecular flexibility index (Phi) is 1.77. The van der Waals surface area contributed by atoms with E-state index in [1.807, 2.05) is 6.07 Å². The fourth-order valence-electron chi connectivity index (χ4n) is 1.36. The van der Waals surface area contributed by atoms with Crippen molar-refractivity contribution in [3.63, 3.8) is 0 Å². The zero-order valence-electron chi connectivity index (χ0n) is 6.62. The van der Waals surface area contributed by atoms with Gasteiger partial charge in [-0.2, -0.15) is 5.26 Å². The molecule has 60 valence electrons. The van der Waals surface area contributed by atoms with Gasteiger partial charge in [-0.15, -0.1) is 0 Å². The van der Waals surface area contributed by atoms with E-state index in [-0.39, 0.29) is 0 Å². The number of rotatable bonds is 1. The van der Waals surface area contributed by atoms with Crippen LogP contribution in [0, 0.1) is 11.3 Å². The van der Waals surface area contributed by atoms with Crippen molar-refractivity contribution in [2.45, 2.75) is 12.5 Å². The molecule has 2 rings (SSSR count). The summed E-state index contributed by atoms with van der Waals surface area (Å²) in [6.45, 7) is 1.05. The summed E-state index contributed by atoms with van der Waals surface area (Å²) >= 11 is 0. The summed E-state index contributed by atoms with van der Waals surface area (Å²) in [5, 5.41) is 12.0. The normalized spacial score (nSPS) is 21.1.